The molecule has 0 bridgehead atoms. The Kier molecular flexibility index (Phi) is 6.24. The Morgan fingerprint density at radius 2 is 1.79 bits per heavy atom. The molecule has 0 unspecified atom stereocenters. The zero-order chi connectivity index (χ0) is 17.5. The number of nitrogens with one attached hydrogen (secondary N) is 1. The van der Waals surface area contributed by atoms with Gasteiger partial charge in [0.1, 0.15) is 5.75 Å². The van der Waals surface area contributed by atoms with Crippen molar-refractivity contribution in [1.82, 2.24) is 10.2 Å². The Labute approximate surface area is 144 Å². The van der Waals surface area contributed by atoms with Gasteiger partial charge in [-0.15, -0.1) is 0 Å². The summed E-state index contributed by atoms with van der Waals surface area (Å²) in [4.78, 5) is 14.2. The molecule has 1 N–H and O–H groups in total. The van der Waals surface area contributed by atoms with Crippen LogP contribution in [0.3, 0.4) is 0 Å². The summed E-state index contributed by atoms with van der Waals surface area (Å²) >= 11 is 0. The van der Waals surface area contributed by atoms with E-state index in [1.165, 1.54) is 11.1 Å². The summed E-state index contributed by atoms with van der Waals surface area (Å²) in [5.41, 5.74) is 3.50. The second-order valence-electron chi connectivity index (χ2n) is 6.22. The lowest BCUT2D eigenvalue weighted by atomic mass is 10.1. The number of urea groups is 1. The van der Waals surface area contributed by atoms with Crippen molar-refractivity contribution in [1.29, 1.82) is 0 Å². The highest BCUT2D eigenvalue weighted by atomic mass is 16.5. The van der Waals surface area contributed by atoms with E-state index in [1.54, 1.807) is 4.90 Å². The van der Waals surface area contributed by atoms with Gasteiger partial charge in [0.05, 0.1) is 0 Å². The van der Waals surface area contributed by atoms with Crippen molar-refractivity contribution in [2.24, 2.45) is 0 Å². The average molecular weight is 326 g/mol. The van der Waals surface area contributed by atoms with E-state index >= 15 is 0 Å². The Morgan fingerprint density at radius 1 is 1.08 bits per heavy atom. The summed E-state index contributed by atoms with van der Waals surface area (Å²) in [5, 5.41) is 2.83. The predicted octanol–water partition coefficient (Wildman–Crippen LogP) is 4.26. The van der Waals surface area contributed by atoms with Crippen LogP contribution in [0, 0.1) is 13.8 Å². The van der Waals surface area contributed by atoms with Crippen LogP contribution in [0.4, 0.5) is 4.79 Å². The number of nitrogens with zero attached hydrogens (tertiary/aromatic N) is 1. The van der Waals surface area contributed by atoms with Crippen molar-refractivity contribution in [3.8, 4) is 5.75 Å². The fourth-order valence-electron chi connectivity index (χ4n) is 2.36. The maximum atomic E-state index is 12.4. The molecule has 0 saturated heterocycles. The average Bonchev–Trinajstić information content (AvgIpc) is 2.56. The molecule has 0 saturated carbocycles. The standard InChI is InChI=1S/C20H26N2O2/c1-15(2)22(13-18-8-6-5-7-9-18)20(23)21-14-24-19-11-10-16(3)17(4)12-19/h5-12,15H,13-14H2,1-4H3,(H,21,23). The molecule has 2 aromatic carbocycles. The summed E-state index contributed by atoms with van der Waals surface area (Å²) < 4.78 is 5.63. The second-order valence-corrected chi connectivity index (χ2v) is 6.22. The van der Waals surface area contributed by atoms with Crippen molar-refractivity contribution in [2.75, 3.05) is 6.73 Å². The van der Waals surface area contributed by atoms with Crippen LogP contribution in [0.5, 0.6) is 5.75 Å². The Balaban J connectivity index is 1.89. The third kappa shape index (κ3) is 5.01. The molecule has 0 aliphatic carbocycles. The van der Waals surface area contributed by atoms with Crippen molar-refractivity contribution >= 4 is 6.03 Å². The monoisotopic (exact) mass is 326 g/mol. The van der Waals surface area contributed by atoms with Gasteiger partial charge >= 0.3 is 6.03 Å². The van der Waals surface area contributed by atoms with Gasteiger partial charge in [-0.1, -0.05) is 36.4 Å². The van der Waals surface area contributed by atoms with Gasteiger partial charge in [-0.05, 0) is 56.5 Å². The van der Waals surface area contributed by atoms with Gasteiger partial charge in [-0.3, -0.25) is 0 Å². The van der Waals surface area contributed by atoms with E-state index < -0.39 is 0 Å². The molecular weight excluding hydrogens is 300 g/mol. The molecule has 2 aromatic rings. The van der Waals surface area contributed by atoms with Crippen LogP contribution in [-0.4, -0.2) is 23.7 Å². The summed E-state index contributed by atoms with van der Waals surface area (Å²) in [5.74, 6) is 0.762. The van der Waals surface area contributed by atoms with E-state index in [1.807, 2.05) is 69.3 Å². The van der Waals surface area contributed by atoms with E-state index in [9.17, 15) is 4.79 Å². The van der Waals surface area contributed by atoms with Crippen LogP contribution in [0.2, 0.25) is 0 Å². The highest BCUT2D eigenvalue weighted by Crippen LogP contribution is 2.16. The molecule has 2 rings (SSSR count). The maximum Gasteiger partial charge on any atom is 0.320 e. The molecule has 24 heavy (non-hydrogen) atoms. The first-order chi connectivity index (χ1) is 11.5. The van der Waals surface area contributed by atoms with Crippen LogP contribution in [0.25, 0.3) is 0 Å². The van der Waals surface area contributed by atoms with E-state index in [0.717, 1.165) is 11.3 Å². The van der Waals surface area contributed by atoms with Gasteiger partial charge in [0, 0.05) is 12.6 Å². The quantitative estimate of drug-likeness (QED) is 0.806. The third-order valence-electron chi connectivity index (χ3n) is 4.02. The Bertz CT molecular complexity index is 669. The molecule has 0 aliphatic rings. The summed E-state index contributed by atoms with van der Waals surface area (Å²) in [6.45, 7) is 8.85. The minimum Gasteiger partial charge on any atom is -0.473 e. The fraction of sp³-hybridized carbons (Fsp3) is 0.350. The van der Waals surface area contributed by atoms with Crippen LogP contribution < -0.4 is 10.1 Å². The normalized spacial score (nSPS) is 10.5. The van der Waals surface area contributed by atoms with Crippen LogP contribution >= 0.6 is 0 Å². The lowest BCUT2D eigenvalue weighted by Crippen LogP contribution is -2.44. The number of hydrogen-bond acceptors (Lipinski definition) is 2. The van der Waals surface area contributed by atoms with Crippen LogP contribution in [0.1, 0.15) is 30.5 Å². The summed E-state index contributed by atoms with van der Waals surface area (Å²) in [6.07, 6.45) is 0. The number of ether oxygens (including phenoxy) is 1. The number of benzene rings is 2. The molecule has 4 nitrogen and oxygen atoms in total. The highest BCUT2D eigenvalue weighted by Gasteiger charge is 2.16. The number of carbonyl (C=O) groups is 1. The van der Waals surface area contributed by atoms with Gasteiger partial charge in [-0.2, -0.15) is 0 Å². The molecule has 128 valence electrons. The molecule has 0 atom stereocenters. The van der Waals surface area contributed by atoms with Gasteiger partial charge in [0.2, 0.25) is 0 Å². The molecule has 4 heteroatoms. The Hall–Kier alpha value is -2.49. The summed E-state index contributed by atoms with van der Waals surface area (Å²) in [7, 11) is 0. The zero-order valence-electron chi connectivity index (χ0n) is 14.9. The minimum absolute atomic E-state index is 0.104. The SMILES string of the molecule is Cc1ccc(OCNC(=O)N(Cc2ccccc2)C(C)C)cc1C. The first-order valence-corrected chi connectivity index (χ1v) is 8.26. The summed E-state index contributed by atoms with van der Waals surface area (Å²) in [6, 6.07) is 15.9. The number of hydrogen-bond donors (Lipinski definition) is 1. The number of rotatable bonds is 6. The molecule has 0 heterocycles. The van der Waals surface area contributed by atoms with Crippen molar-refractivity contribution < 1.29 is 9.53 Å². The van der Waals surface area contributed by atoms with Crippen molar-refractivity contribution in [3.05, 3.63) is 65.2 Å². The molecule has 0 fully saturated rings. The van der Waals surface area contributed by atoms with Gasteiger partial charge in [0.15, 0.2) is 6.73 Å². The van der Waals surface area contributed by atoms with Crippen molar-refractivity contribution in [2.45, 2.75) is 40.3 Å². The lowest BCUT2D eigenvalue weighted by molar-refractivity contribution is 0.168. The zero-order valence-corrected chi connectivity index (χ0v) is 14.9. The van der Waals surface area contributed by atoms with Gasteiger partial charge in [-0.25, -0.2) is 4.79 Å². The fourth-order valence-corrected chi connectivity index (χ4v) is 2.36. The molecule has 0 spiro atoms. The van der Waals surface area contributed by atoms with Gasteiger partial charge in [0.25, 0.3) is 0 Å². The minimum atomic E-state index is -0.127. The van der Waals surface area contributed by atoms with E-state index in [2.05, 4.69) is 12.2 Å². The van der Waals surface area contributed by atoms with E-state index in [4.69, 9.17) is 4.74 Å². The van der Waals surface area contributed by atoms with E-state index in [0.29, 0.717) is 6.54 Å². The Morgan fingerprint density at radius 3 is 2.42 bits per heavy atom. The van der Waals surface area contributed by atoms with Crippen molar-refractivity contribution in [3.63, 3.8) is 0 Å². The lowest BCUT2D eigenvalue weighted by Gasteiger charge is -2.27. The molecule has 2 amide bonds. The first-order valence-electron chi connectivity index (χ1n) is 8.26. The smallest absolute Gasteiger partial charge is 0.320 e. The molecule has 0 aromatic heterocycles. The first kappa shape index (κ1) is 17.9. The number of aryl methyl sites for hydroxylation is 2. The molecule has 0 aliphatic heterocycles. The maximum absolute atomic E-state index is 12.4. The number of carbonyl (C=O) groups excluding carboxylic acids is 1. The molecular formula is C20H26N2O2. The molecule has 0 radical (unpaired) electrons. The van der Waals surface area contributed by atoms with Gasteiger partial charge < -0.3 is 15.0 Å². The number of amides is 2. The predicted molar refractivity (Wildman–Crippen MR) is 97.1 cm³/mol. The van der Waals surface area contributed by atoms with Crippen LogP contribution in [-0.2, 0) is 6.54 Å². The van der Waals surface area contributed by atoms with E-state index in [-0.39, 0.29) is 18.8 Å². The largest absolute Gasteiger partial charge is 0.473 e. The second kappa shape index (κ2) is 8.39. The third-order valence-corrected chi connectivity index (χ3v) is 4.02. The van der Waals surface area contributed by atoms with Crippen LogP contribution in [0.15, 0.2) is 48.5 Å². The topological polar surface area (TPSA) is 41.6 Å². The highest BCUT2D eigenvalue weighted by molar-refractivity contribution is 5.74.